The first-order valence-electron chi connectivity index (χ1n) is 8.50. The van der Waals surface area contributed by atoms with Crippen LogP contribution in [-0.4, -0.2) is 10.2 Å². The van der Waals surface area contributed by atoms with Gasteiger partial charge in [-0.15, -0.1) is 0 Å². The molecule has 0 nitrogen and oxygen atoms in total. The number of hydrogen-bond acceptors (Lipinski definition) is 0. The summed E-state index contributed by atoms with van der Waals surface area (Å²) in [6.45, 7) is 9.39. The molecule has 0 rings (SSSR count). The minimum atomic E-state index is 0.966. The van der Waals surface area contributed by atoms with Gasteiger partial charge in [0.1, 0.15) is 0 Å². The molecule has 1 heteroatoms. The van der Waals surface area contributed by atoms with Gasteiger partial charge in [0, 0.05) is 10.2 Å². The van der Waals surface area contributed by atoms with Crippen LogP contribution in [0.15, 0.2) is 0 Å². The number of unbranched alkanes of at least 4 members (excludes halogenated alkanes) is 2. The van der Waals surface area contributed by atoms with Crippen molar-refractivity contribution in [1.82, 2.24) is 0 Å². The van der Waals surface area contributed by atoms with E-state index < -0.39 is 0 Å². The highest BCUT2D eigenvalue weighted by molar-refractivity contribution is 6.11. The highest BCUT2D eigenvalue weighted by Crippen LogP contribution is 2.30. The van der Waals surface area contributed by atoms with Crippen molar-refractivity contribution in [2.75, 3.05) is 0 Å². The van der Waals surface area contributed by atoms with E-state index in [-0.39, 0.29) is 0 Å². The molecule has 0 saturated heterocycles. The van der Waals surface area contributed by atoms with E-state index >= 15 is 0 Å². The van der Waals surface area contributed by atoms with E-state index in [1.807, 2.05) is 0 Å². The summed E-state index contributed by atoms with van der Waals surface area (Å²) in [4.78, 5) is 0. The maximum absolute atomic E-state index is 2.38. The molecule has 0 spiro atoms. The van der Waals surface area contributed by atoms with Gasteiger partial charge in [0.2, 0.25) is 0 Å². The molecular weight excluding hydrogens is 232 g/mol. The summed E-state index contributed by atoms with van der Waals surface area (Å²) in [6, 6.07) is 0. The van der Waals surface area contributed by atoms with Gasteiger partial charge in [-0.05, 0) is 11.8 Å². The molecule has 0 aliphatic carbocycles. The van der Waals surface area contributed by atoms with E-state index in [1.54, 1.807) is 0 Å². The van der Waals surface area contributed by atoms with Crippen LogP contribution in [0.2, 0.25) is 5.54 Å². The molecule has 1 radical (unpaired) electrons. The Morgan fingerprint density at radius 2 is 1.11 bits per heavy atom. The average Bonchev–Trinajstić information content (AvgIpc) is 2.39. The Balaban J connectivity index is 3.92. The van der Waals surface area contributed by atoms with Gasteiger partial charge < -0.3 is 0 Å². The van der Waals surface area contributed by atoms with Crippen LogP contribution in [0, 0.1) is 11.8 Å². The minimum absolute atomic E-state index is 0.966. The molecule has 18 heavy (non-hydrogen) atoms. The molecule has 0 aromatic carbocycles. The second kappa shape index (κ2) is 12.3. The van der Waals surface area contributed by atoms with Crippen molar-refractivity contribution in [1.29, 1.82) is 0 Å². The predicted octanol–water partition coefficient (Wildman–Crippen LogP) is 5.62. The van der Waals surface area contributed by atoms with Gasteiger partial charge in [-0.1, -0.05) is 97.4 Å². The zero-order chi connectivity index (χ0) is 13.8. The topological polar surface area (TPSA) is 0 Å². The molecule has 0 saturated carbocycles. The lowest BCUT2D eigenvalue weighted by Gasteiger charge is -2.23. The van der Waals surface area contributed by atoms with Crippen LogP contribution in [-0.2, 0) is 0 Å². The summed E-state index contributed by atoms with van der Waals surface area (Å²) < 4.78 is 0. The molecule has 0 aliphatic heterocycles. The predicted molar refractivity (Wildman–Crippen MR) is 88.1 cm³/mol. The third kappa shape index (κ3) is 9.19. The highest BCUT2D eigenvalue weighted by atomic mass is 28.1. The largest absolute Gasteiger partial charge is 0.0654 e. The molecule has 0 heterocycles. The molecule has 0 N–H and O–H groups in total. The van der Waals surface area contributed by atoms with Gasteiger partial charge in [-0.2, -0.15) is 0 Å². The third-order valence-electron chi connectivity index (χ3n) is 4.42. The van der Waals surface area contributed by atoms with Gasteiger partial charge in [-0.3, -0.25) is 0 Å². The fourth-order valence-electron chi connectivity index (χ4n) is 3.00. The van der Waals surface area contributed by atoms with Crippen LogP contribution in [0.4, 0.5) is 0 Å². The summed E-state index contributed by atoms with van der Waals surface area (Å²) in [7, 11) is 2.27. The molecule has 2 atom stereocenters. The Hall–Kier alpha value is 0.217. The van der Waals surface area contributed by atoms with Gasteiger partial charge in [0.25, 0.3) is 0 Å². The second-order valence-electron chi connectivity index (χ2n) is 6.17. The number of hydrogen-bond donors (Lipinski definition) is 0. The summed E-state index contributed by atoms with van der Waals surface area (Å²) in [5.74, 6) is 1.99. The first kappa shape index (κ1) is 18.2. The van der Waals surface area contributed by atoms with Crippen LogP contribution in [0.3, 0.4) is 0 Å². The minimum Gasteiger partial charge on any atom is -0.0654 e. The molecule has 109 valence electrons. The van der Waals surface area contributed by atoms with Crippen LogP contribution in [0.5, 0.6) is 0 Å². The maximum Gasteiger partial charge on any atom is 0.0121 e. The Morgan fingerprint density at radius 3 is 1.39 bits per heavy atom. The normalized spacial score (nSPS) is 16.5. The fourth-order valence-corrected chi connectivity index (χ4v) is 3.94. The first-order chi connectivity index (χ1) is 8.67. The van der Waals surface area contributed by atoms with Crippen molar-refractivity contribution in [3.05, 3.63) is 0 Å². The standard InChI is InChI=1S/C17H37Si/c1-5-9-11-15(7-3)13-17(18)14-16(8-4)12-10-6-2/h15-17H,5-14,18H2,1-4H3. The maximum atomic E-state index is 2.38. The molecule has 0 aromatic heterocycles. The summed E-state index contributed by atoms with van der Waals surface area (Å²) in [6.07, 6.45) is 14.3. The summed E-state index contributed by atoms with van der Waals surface area (Å²) in [5.41, 5.74) is 0.966. The average molecular weight is 270 g/mol. The lowest BCUT2D eigenvalue weighted by Crippen LogP contribution is -2.09. The van der Waals surface area contributed by atoms with Crippen molar-refractivity contribution in [2.24, 2.45) is 11.8 Å². The lowest BCUT2D eigenvalue weighted by molar-refractivity contribution is 0.356. The van der Waals surface area contributed by atoms with Crippen molar-refractivity contribution >= 4 is 10.2 Å². The smallest absolute Gasteiger partial charge is 0.0121 e. The van der Waals surface area contributed by atoms with E-state index in [0.717, 1.165) is 17.4 Å². The van der Waals surface area contributed by atoms with E-state index in [1.165, 1.54) is 64.2 Å². The molecule has 0 bridgehead atoms. The van der Waals surface area contributed by atoms with E-state index in [0.29, 0.717) is 0 Å². The highest BCUT2D eigenvalue weighted by Gasteiger charge is 2.15. The van der Waals surface area contributed by atoms with Gasteiger partial charge in [0.05, 0.1) is 0 Å². The molecule has 0 aromatic rings. The Kier molecular flexibility index (Phi) is 12.4. The van der Waals surface area contributed by atoms with Crippen molar-refractivity contribution in [3.8, 4) is 0 Å². The van der Waals surface area contributed by atoms with Crippen molar-refractivity contribution in [2.45, 2.75) is 97.4 Å². The number of rotatable bonds is 12. The van der Waals surface area contributed by atoms with Crippen LogP contribution in [0.1, 0.15) is 91.9 Å². The molecular formula is C17H37Si. The summed E-state index contributed by atoms with van der Waals surface area (Å²) in [5, 5.41) is 0. The van der Waals surface area contributed by atoms with Gasteiger partial charge in [0.15, 0.2) is 0 Å². The van der Waals surface area contributed by atoms with Crippen LogP contribution in [0.25, 0.3) is 0 Å². The summed E-state index contributed by atoms with van der Waals surface area (Å²) >= 11 is 0. The van der Waals surface area contributed by atoms with Gasteiger partial charge in [-0.25, -0.2) is 0 Å². The van der Waals surface area contributed by atoms with E-state index in [4.69, 9.17) is 0 Å². The van der Waals surface area contributed by atoms with Crippen molar-refractivity contribution < 1.29 is 0 Å². The second-order valence-corrected chi connectivity index (χ2v) is 7.33. The van der Waals surface area contributed by atoms with Crippen molar-refractivity contribution in [3.63, 3.8) is 0 Å². The SMILES string of the molecule is CCCCC(CC)CC([SiH2])CC(CC)CCCC. The molecule has 0 aliphatic rings. The van der Waals surface area contributed by atoms with E-state index in [2.05, 4.69) is 37.9 Å². The Morgan fingerprint density at radius 1 is 0.722 bits per heavy atom. The van der Waals surface area contributed by atoms with E-state index in [9.17, 15) is 0 Å². The lowest BCUT2D eigenvalue weighted by atomic mass is 9.88. The Labute approximate surface area is 120 Å². The zero-order valence-corrected chi connectivity index (χ0v) is 14.9. The fraction of sp³-hybridized carbons (Fsp3) is 1.00. The molecule has 0 amide bonds. The molecule has 2 unspecified atom stereocenters. The quantitative estimate of drug-likeness (QED) is 0.403. The third-order valence-corrected chi connectivity index (χ3v) is 5.09. The Bertz CT molecular complexity index is 149. The first-order valence-corrected chi connectivity index (χ1v) is 9.32. The van der Waals surface area contributed by atoms with Crippen LogP contribution >= 0.6 is 0 Å². The van der Waals surface area contributed by atoms with Crippen LogP contribution < -0.4 is 0 Å². The zero-order valence-electron chi connectivity index (χ0n) is 13.5. The monoisotopic (exact) mass is 269 g/mol. The molecule has 0 fully saturated rings. The van der Waals surface area contributed by atoms with Gasteiger partial charge >= 0.3 is 0 Å².